The van der Waals surface area contributed by atoms with Crippen molar-refractivity contribution in [3.05, 3.63) is 12.2 Å². The fourth-order valence-electron chi connectivity index (χ4n) is 0.431. The van der Waals surface area contributed by atoms with Crippen LogP contribution in [0.1, 0.15) is 0 Å². The van der Waals surface area contributed by atoms with E-state index in [1.165, 1.54) is 7.05 Å². The third-order valence-corrected chi connectivity index (χ3v) is 1.15. The maximum Gasteiger partial charge on any atom is 0.328 e. The lowest BCUT2D eigenvalue weighted by Crippen LogP contribution is -2.36. The minimum Gasteiger partial charge on any atom is -0.480 e. The molecule has 0 bridgehead atoms. The van der Waals surface area contributed by atoms with Crippen LogP contribution in [-0.2, 0) is 14.4 Å². The van der Waals surface area contributed by atoms with Gasteiger partial charge in [-0.15, -0.1) is 0 Å². The molecule has 0 spiro atoms. The van der Waals surface area contributed by atoms with Crippen molar-refractivity contribution >= 4 is 23.9 Å². The lowest BCUT2D eigenvalue weighted by atomic mass is 10.5. The largest absolute Gasteiger partial charge is 0.480 e. The zero-order valence-electron chi connectivity index (χ0n) is 8.95. The standard InChI is InChI=1S/C4H9N3O2.C4H4O4/c1-7(4(5)6)2-3(8)9;5-3(6)1-2-4(7)8/h2H2,1H3,(H3,5,6)(H,8,9);1-2H,(H,5,6)(H,7,8)/b;2-1-. The fourth-order valence-corrected chi connectivity index (χ4v) is 0.431. The van der Waals surface area contributed by atoms with Crippen molar-refractivity contribution in [3.8, 4) is 0 Å². The first-order chi connectivity index (χ1) is 7.66. The quantitative estimate of drug-likeness (QED) is 0.230. The third kappa shape index (κ3) is 16.1. The smallest absolute Gasteiger partial charge is 0.328 e. The van der Waals surface area contributed by atoms with Crippen molar-refractivity contribution in [2.24, 2.45) is 5.73 Å². The number of carboxylic acids is 3. The minimum absolute atomic E-state index is 0.227. The fraction of sp³-hybridized carbons (Fsp3) is 0.250. The van der Waals surface area contributed by atoms with Crippen molar-refractivity contribution < 1.29 is 29.7 Å². The molecule has 96 valence electrons. The topological polar surface area (TPSA) is 165 Å². The van der Waals surface area contributed by atoms with E-state index in [1.807, 2.05) is 0 Å². The summed E-state index contributed by atoms with van der Waals surface area (Å²) in [5.41, 5.74) is 4.93. The number of nitrogens with zero attached hydrogens (tertiary/aromatic N) is 1. The van der Waals surface area contributed by atoms with Crippen molar-refractivity contribution in [1.29, 1.82) is 5.41 Å². The molecule has 0 fully saturated rings. The van der Waals surface area contributed by atoms with Gasteiger partial charge in [-0.25, -0.2) is 9.59 Å². The summed E-state index contributed by atoms with van der Waals surface area (Å²) in [7, 11) is 1.44. The normalized spacial score (nSPS) is 9.00. The maximum absolute atomic E-state index is 9.92. The van der Waals surface area contributed by atoms with Crippen LogP contribution in [0.2, 0.25) is 0 Å². The molecule has 0 amide bonds. The van der Waals surface area contributed by atoms with Gasteiger partial charge in [0, 0.05) is 19.2 Å². The van der Waals surface area contributed by atoms with Crippen molar-refractivity contribution in [3.63, 3.8) is 0 Å². The average molecular weight is 247 g/mol. The van der Waals surface area contributed by atoms with E-state index in [0.29, 0.717) is 12.2 Å². The van der Waals surface area contributed by atoms with Crippen LogP contribution in [0.3, 0.4) is 0 Å². The summed E-state index contributed by atoms with van der Waals surface area (Å²) in [6.07, 6.45) is 1.12. The molecule has 0 saturated heterocycles. The number of nitrogens with two attached hydrogens (primary N) is 1. The lowest BCUT2D eigenvalue weighted by Gasteiger charge is -2.12. The second-order valence-corrected chi connectivity index (χ2v) is 2.64. The van der Waals surface area contributed by atoms with E-state index in [1.54, 1.807) is 0 Å². The van der Waals surface area contributed by atoms with E-state index in [2.05, 4.69) is 0 Å². The molecule has 0 atom stereocenters. The molecule has 0 saturated carbocycles. The average Bonchev–Trinajstić information content (AvgIpc) is 2.14. The monoisotopic (exact) mass is 247 g/mol. The Hall–Kier alpha value is -2.58. The van der Waals surface area contributed by atoms with Gasteiger partial charge in [0.25, 0.3) is 0 Å². The summed E-state index contributed by atoms with van der Waals surface area (Å²) >= 11 is 0. The predicted molar refractivity (Wildman–Crippen MR) is 56.6 cm³/mol. The molecule has 0 aliphatic carbocycles. The van der Waals surface area contributed by atoms with Crippen LogP contribution in [-0.4, -0.2) is 57.7 Å². The molecule has 0 radical (unpaired) electrons. The number of nitrogens with one attached hydrogen (secondary N) is 1. The lowest BCUT2D eigenvalue weighted by molar-refractivity contribution is -0.137. The van der Waals surface area contributed by atoms with E-state index < -0.39 is 17.9 Å². The second-order valence-electron chi connectivity index (χ2n) is 2.64. The Balaban J connectivity index is 0. The Labute approximate surface area is 96.3 Å². The molecule has 0 aromatic heterocycles. The number of aliphatic carboxylic acids is 3. The highest BCUT2D eigenvalue weighted by Crippen LogP contribution is 1.76. The van der Waals surface area contributed by atoms with E-state index in [0.717, 1.165) is 4.90 Å². The molecule has 6 N–H and O–H groups in total. The van der Waals surface area contributed by atoms with Crippen LogP contribution >= 0.6 is 0 Å². The zero-order chi connectivity index (χ0) is 14.0. The Kier molecular flexibility index (Phi) is 8.62. The number of hydrogen-bond donors (Lipinski definition) is 5. The molecule has 0 heterocycles. The number of hydrogen-bond acceptors (Lipinski definition) is 4. The van der Waals surface area contributed by atoms with Gasteiger partial charge in [-0.3, -0.25) is 10.2 Å². The summed E-state index contributed by atoms with van der Waals surface area (Å²) in [6, 6.07) is 0. The van der Waals surface area contributed by atoms with Gasteiger partial charge in [0.1, 0.15) is 6.54 Å². The first-order valence-electron chi connectivity index (χ1n) is 4.07. The highest BCUT2D eigenvalue weighted by molar-refractivity contribution is 5.89. The van der Waals surface area contributed by atoms with E-state index in [9.17, 15) is 14.4 Å². The van der Waals surface area contributed by atoms with Gasteiger partial charge < -0.3 is 26.0 Å². The van der Waals surface area contributed by atoms with E-state index in [4.69, 9.17) is 26.5 Å². The number of carboxylic acid groups (broad SMARTS) is 3. The van der Waals surface area contributed by atoms with Crippen LogP contribution < -0.4 is 5.73 Å². The molecule has 17 heavy (non-hydrogen) atoms. The molecule has 0 aliphatic rings. The highest BCUT2D eigenvalue weighted by atomic mass is 16.4. The van der Waals surface area contributed by atoms with Crippen LogP contribution in [0.15, 0.2) is 12.2 Å². The van der Waals surface area contributed by atoms with Gasteiger partial charge in [-0.05, 0) is 0 Å². The summed E-state index contributed by atoms with van der Waals surface area (Å²) in [6.45, 7) is -0.227. The summed E-state index contributed by atoms with van der Waals surface area (Å²) < 4.78 is 0. The van der Waals surface area contributed by atoms with Crippen molar-refractivity contribution in [2.45, 2.75) is 0 Å². The first-order valence-corrected chi connectivity index (χ1v) is 4.07. The predicted octanol–water partition coefficient (Wildman–Crippen LogP) is -1.39. The number of carbonyl (C=O) groups is 3. The van der Waals surface area contributed by atoms with Crippen LogP contribution in [0.4, 0.5) is 0 Å². The second kappa shape index (κ2) is 8.71. The third-order valence-electron chi connectivity index (χ3n) is 1.15. The van der Waals surface area contributed by atoms with Crippen molar-refractivity contribution in [1.82, 2.24) is 4.90 Å². The zero-order valence-corrected chi connectivity index (χ0v) is 8.95. The molecule has 0 rings (SSSR count). The molecule has 9 heteroatoms. The maximum atomic E-state index is 9.92. The number of guanidine groups is 1. The molecule has 0 unspecified atom stereocenters. The Morgan fingerprint density at radius 3 is 1.65 bits per heavy atom. The van der Waals surface area contributed by atoms with Crippen molar-refractivity contribution in [2.75, 3.05) is 13.6 Å². The Morgan fingerprint density at radius 1 is 1.18 bits per heavy atom. The Bertz CT molecular complexity index is 322. The van der Waals surface area contributed by atoms with Gasteiger partial charge in [0.15, 0.2) is 5.96 Å². The molecule has 0 aromatic carbocycles. The van der Waals surface area contributed by atoms with Gasteiger partial charge in [-0.2, -0.15) is 0 Å². The first kappa shape index (κ1) is 16.8. The SMILES string of the molecule is CN(CC(=O)O)C(=N)N.O=C(O)/C=C\C(=O)O. The van der Waals surface area contributed by atoms with E-state index >= 15 is 0 Å². The molecular weight excluding hydrogens is 234 g/mol. The minimum atomic E-state index is -1.26. The Morgan fingerprint density at radius 2 is 1.53 bits per heavy atom. The summed E-state index contributed by atoms with van der Waals surface area (Å²) in [4.78, 5) is 30.2. The van der Waals surface area contributed by atoms with Gasteiger partial charge >= 0.3 is 17.9 Å². The summed E-state index contributed by atoms with van der Waals surface area (Å²) in [5.74, 6) is -3.75. The van der Waals surface area contributed by atoms with Crippen LogP contribution in [0, 0.1) is 5.41 Å². The van der Waals surface area contributed by atoms with Gasteiger partial charge in [0.2, 0.25) is 0 Å². The molecule has 0 aliphatic heterocycles. The number of likely N-dealkylation sites (N-methyl/N-ethyl adjacent to an activating group) is 1. The van der Waals surface area contributed by atoms with Gasteiger partial charge in [0.05, 0.1) is 0 Å². The number of rotatable bonds is 4. The molecule has 0 aromatic rings. The van der Waals surface area contributed by atoms with Gasteiger partial charge in [-0.1, -0.05) is 0 Å². The van der Waals surface area contributed by atoms with E-state index in [-0.39, 0.29) is 12.5 Å². The molecular formula is C8H13N3O6. The highest BCUT2D eigenvalue weighted by Gasteiger charge is 2.03. The van der Waals surface area contributed by atoms with Crippen LogP contribution in [0.25, 0.3) is 0 Å². The molecule has 9 nitrogen and oxygen atoms in total. The van der Waals surface area contributed by atoms with Crippen LogP contribution in [0.5, 0.6) is 0 Å². The summed E-state index contributed by atoms with van der Waals surface area (Å²) in [5, 5.41) is 30.5.